The molecule has 6 aromatic rings. The van der Waals surface area contributed by atoms with E-state index in [2.05, 4.69) is 139 Å². The third-order valence-corrected chi connectivity index (χ3v) is 11.3. The molecular formula is C47H42Cl4Zr-2. The molecular weight excluding hydrogens is 798 g/mol. The van der Waals surface area contributed by atoms with E-state index < -0.39 is 0 Å². The molecule has 0 bridgehead atoms. The van der Waals surface area contributed by atoms with Crippen LogP contribution in [0.5, 0.6) is 0 Å². The van der Waals surface area contributed by atoms with Crippen LogP contribution in [0.4, 0.5) is 0 Å². The van der Waals surface area contributed by atoms with Crippen LogP contribution in [0.25, 0.3) is 32.7 Å². The summed E-state index contributed by atoms with van der Waals surface area (Å²) in [6, 6.07) is 40.0. The Kier molecular flexibility index (Phi) is 14.2. The van der Waals surface area contributed by atoms with Crippen molar-refractivity contribution in [3.8, 4) is 11.1 Å². The van der Waals surface area contributed by atoms with E-state index in [0.29, 0.717) is 0 Å². The van der Waals surface area contributed by atoms with Crippen molar-refractivity contribution in [3.05, 3.63) is 177 Å². The zero-order valence-corrected chi connectivity index (χ0v) is 36.0. The molecule has 2 aliphatic carbocycles. The number of rotatable bonds is 2. The number of allylic oxidation sites excluding steroid dienone is 4. The first kappa shape index (κ1) is 42.0. The summed E-state index contributed by atoms with van der Waals surface area (Å²) in [5.41, 5.74) is 11.2. The van der Waals surface area contributed by atoms with Gasteiger partial charge in [-0.3, -0.25) is 6.08 Å². The fraction of sp³-hybridized carbons (Fsp3) is 0.213. The van der Waals surface area contributed by atoms with Crippen molar-refractivity contribution in [1.29, 1.82) is 0 Å². The zero-order valence-electron chi connectivity index (χ0n) is 30.5. The van der Waals surface area contributed by atoms with Gasteiger partial charge in [-0.1, -0.05) is 65.3 Å². The summed E-state index contributed by atoms with van der Waals surface area (Å²) in [6.45, 7) is 13.6. The zero-order chi connectivity index (χ0) is 35.6. The maximum atomic E-state index is 6.38. The molecule has 6 aromatic carbocycles. The Morgan fingerprint density at radius 1 is 0.635 bits per heavy atom. The van der Waals surface area contributed by atoms with Crippen molar-refractivity contribution in [2.24, 2.45) is 0 Å². The summed E-state index contributed by atoms with van der Waals surface area (Å²) < 4.78 is 1.31. The molecule has 0 unspecified atom stereocenters. The number of benzene rings is 6. The molecule has 0 heterocycles. The predicted molar refractivity (Wildman–Crippen MR) is 214 cm³/mol. The molecule has 0 spiro atoms. The van der Waals surface area contributed by atoms with Crippen LogP contribution in [0.1, 0.15) is 81.3 Å². The van der Waals surface area contributed by atoms with Crippen LogP contribution in [-0.2, 0) is 41.5 Å². The topological polar surface area (TPSA) is 0 Å². The normalized spacial score (nSPS) is 12.5. The van der Waals surface area contributed by atoms with Crippen molar-refractivity contribution >= 4 is 48.0 Å². The molecule has 0 radical (unpaired) electrons. The van der Waals surface area contributed by atoms with E-state index in [-0.39, 0.29) is 35.6 Å². The second-order valence-electron chi connectivity index (χ2n) is 15.0. The van der Waals surface area contributed by atoms with Gasteiger partial charge in [0.05, 0.1) is 0 Å². The first-order chi connectivity index (χ1) is 23.8. The number of fused-ring (bicyclic) bond motifs is 5. The van der Waals surface area contributed by atoms with Gasteiger partial charge >= 0.3 is 166 Å². The van der Waals surface area contributed by atoms with Gasteiger partial charge in [0, 0.05) is 0 Å². The molecule has 0 atom stereocenters. The Labute approximate surface area is 347 Å². The van der Waals surface area contributed by atoms with E-state index in [0.717, 1.165) is 33.7 Å². The molecule has 0 N–H and O–H groups in total. The van der Waals surface area contributed by atoms with Crippen LogP contribution in [0.2, 0.25) is 10.0 Å². The van der Waals surface area contributed by atoms with E-state index in [1.165, 1.54) is 82.7 Å². The Hall–Kier alpha value is -2.77. The molecule has 0 aromatic heterocycles. The van der Waals surface area contributed by atoms with Crippen LogP contribution in [0, 0.1) is 12.1 Å². The predicted octanol–water partition coefficient (Wildman–Crippen LogP) is 7.38. The van der Waals surface area contributed by atoms with Gasteiger partial charge < -0.3 is 24.8 Å². The minimum atomic E-state index is 0. The van der Waals surface area contributed by atoms with Crippen molar-refractivity contribution in [2.75, 3.05) is 0 Å². The maximum absolute atomic E-state index is 6.38. The van der Waals surface area contributed by atoms with Crippen molar-refractivity contribution in [1.82, 2.24) is 0 Å². The molecule has 0 saturated heterocycles. The number of hydrogen-bond acceptors (Lipinski definition) is 0. The van der Waals surface area contributed by atoms with E-state index in [9.17, 15) is 0 Å². The molecule has 8 rings (SSSR count). The monoisotopic (exact) mass is 836 g/mol. The Balaban J connectivity index is 0.000000199. The van der Waals surface area contributed by atoms with Crippen molar-refractivity contribution in [2.45, 2.75) is 65.2 Å². The molecule has 52 heavy (non-hydrogen) atoms. The molecule has 0 fully saturated rings. The van der Waals surface area contributed by atoms with E-state index in [4.69, 9.17) is 23.2 Å². The molecule has 0 amide bonds. The van der Waals surface area contributed by atoms with Crippen LogP contribution < -0.4 is 24.8 Å². The van der Waals surface area contributed by atoms with Gasteiger partial charge in [-0.2, -0.15) is 29.8 Å². The second kappa shape index (κ2) is 17.6. The number of hydrogen-bond donors (Lipinski definition) is 0. The van der Waals surface area contributed by atoms with E-state index in [1.54, 1.807) is 0 Å². The summed E-state index contributed by atoms with van der Waals surface area (Å²) in [5.74, 6) is 0. The first-order valence-electron chi connectivity index (χ1n) is 17.2. The second-order valence-corrected chi connectivity index (χ2v) is 17.0. The first-order valence-corrected chi connectivity index (χ1v) is 19.2. The van der Waals surface area contributed by atoms with Gasteiger partial charge in [-0.15, -0.1) is 17.5 Å². The molecule has 5 heteroatoms. The van der Waals surface area contributed by atoms with Gasteiger partial charge in [-0.05, 0) is 28.4 Å². The third kappa shape index (κ3) is 9.29. The summed E-state index contributed by atoms with van der Waals surface area (Å²) in [4.78, 5) is 0. The Bertz CT molecular complexity index is 2120. The van der Waals surface area contributed by atoms with Crippen LogP contribution in [0.3, 0.4) is 0 Å². The third-order valence-electron chi connectivity index (χ3n) is 9.33. The van der Waals surface area contributed by atoms with Gasteiger partial charge in [0.2, 0.25) is 0 Å². The average molecular weight is 840 g/mol. The van der Waals surface area contributed by atoms with E-state index >= 15 is 0 Å². The van der Waals surface area contributed by atoms with Crippen molar-refractivity contribution in [3.63, 3.8) is 0 Å². The Morgan fingerprint density at radius 3 is 1.63 bits per heavy atom. The summed E-state index contributed by atoms with van der Waals surface area (Å²) in [7, 11) is 0. The van der Waals surface area contributed by atoms with Gasteiger partial charge in [0.15, 0.2) is 0 Å². The van der Waals surface area contributed by atoms with E-state index in [1.807, 2.05) is 36.4 Å². The fourth-order valence-corrected chi connectivity index (χ4v) is 8.00. The van der Waals surface area contributed by atoms with Crippen LogP contribution in [-0.4, -0.2) is 3.21 Å². The van der Waals surface area contributed by atoms with Crippen LogP contribution >= 0.6 is 23.2 Å². The SMILES string of the molecule is CC(C)(C)c1[c-]c2c(cc1)-c1ccc(C(C)(C)C)cc1C2.Clc1ccc([C](=[Zr+2])c2ccc(Cl)c3ccccc23)c2ccccc12.[C-]1=CC=CC1.[Cl-].[Cl-]. The van der Waals surface area contributed by atoms with Gasteiger partial charge in [-0.25, -0.2) is 12.2 Å². The van der Waals surface area contributed by atoms with Crippen molar-refractivity contribution < 1.29 is 49.0 Å². The maximum Gasteiger partial charge on any atom is -0.109 e. The minimum absolute atomic E-state index is 0. The summed E-state index contributed by atoms with van der Waals surface area (Å²) in [5, 5.41) is 6.15. The summed E-state index contributed by atoms with van der Waals surface area (Å²) in [6.07, 6.45) is 11.0. The smallest absolute Gasteiger partial charge is 0.109 e. The molecule has 0 aliphatic heterocycles. The molecule has 0 saturated carbocycles. The van der Waals surface area contributed by atoms with Gasteiger partial charge in [0.25, 0.3) is 0 Å². The molecule has 264 valence electrons. The Morgan fingerprint density at radius 2 is 1.17 bits per heavy atom. The largest absolute Gasteiger partial charge is 1.00 e. The number of halogens is 4. The average Bonchev–Trinajstić information content (AvgIpc) is 3.80. The summed E-state index contributed by atoms with van der Waals surface area (Å²) >= 11 is 14.1. The standard InChI is InChI=1S/C21H12Cl2.C21H25.C5H5.2ClH.Zr/c22-20-11-9-14(16-5-1-3-7-18(16)20)13-15-10-12-21(23)19-8-4-2-6-17(15)19;1-20(2,3)16-7-9-18-14(12-16)11-15-13-17(21(4,5)6)8-10-19(15)18;1-2-4-5-3-1;;;/h1-12H;7-10,12H,11H2,1-6H3;1-3H,4H2;2*1H;/q;2*-1;;;+2/p-2. The molecule has 2 aliphatic rings. The van der Waals surface area contributed by atoms with Crippen LogP contribution in [0.15, 0.2) is 121 Å². The minimum Gasteiger partial charge on any atom is -1.00 e. The van der Waals surface area contributed by atoms with Gasteiger partial charge in [0.1, 0.15) is 0 Å². The fourth-order valence-electron chi connectivity index (χ4n) is 6.47. The quantitative estimate of drug-likeness (QED) is 0.160. The molecule has 0 nitrogen and oxygen atoms in total.